The molecule has 4 heteroatoms. The van der Waals surface area contributed by atoms with Crippen molar-refractivity contribution in [1.82, 2.24) is 5.32 Å². The predicted molar refractivity (Wildman–Crippen MR) is 126 cm³/mol. The number of aryl methyl sites for hydroxylation is 3. The Balaban J connectivity index is 1.60. The van der Waals surface area contributed by atoms with Crippen molar-refractivity contribution in [3.63, 3.8) is 0 Å². The Labute approximate surface area is 184 Å². The fraction of sp³-hybridized carbons (Fsp3) is 0.370. The molecule has 1 aliphatic rings. The van der Waals surface area contributed by atoms with E-state index in [0.29, 0.717) is 13.2 Å². The molecule has 0 atom stereocenters. The van der Waals surface area contributed by atoms with Gasteiger partial charge in [-0.1, -0.05) is 30.3 Å². The van der Waals surface area contributed by atoms with E-state index >= 15 is 0 Å². The highest BCUT2D eigenvalue weighted by Gasteiger charge is 2.23. The van der Waals surface area contributed by atoms with Gasteiger partial charge in [0.25, 0.3) is 0 Å². The van der Waals surface area contributed by atoms with Crippen LogP contribution >= 0.6 is 0 Å². The number of carbonyl (C=O) groups excluding carboxylic acids is 1. The Morgan fingerprint density at radius 2 is 1.97 bits per heavy atom. The average Bonchev–Trinajstić information content (AvgIpc) is 3.15. The monoisotopic (exact) mass is 417 g/mol. The lowest BCUT2D eigenvalue weighted by atomic mass is 9.93. The van der Waals surface area contributed by atoms with Gasteiger partial charge in [0.15, 0.2) is 0 Å². The summed E-state index contributed by atoms with van der Waals surface area (Å²) in [7, 11) is 0. The highest BCUT2D eigenvalue weighted by atomic mass is 16.5. The summed E-state index contributed by atoms with van der Waals surface area (Å²) >= 11 is 0. The number of fused-ring (bicyclic) bond motifs is 3. The van der Waals surface area contributed by atoms with Gasteiger partial charge in [-0.3, -0.25) is 4.79 Å². The molecule has 0 fully saturated rings. The first kappa shape index (κ1) is 21.2. The Bertz CT molecular complexity index is 1110. The molecule has 1 heterocycles. The molecule has 4 rings (SSSR count). The molecule has 2 aromatic carbocycles. The SMILES string of the molecule is CCOc1c(/C(C)=C/C(=O)NCCc2ccccc2)cc2c3c(oc2c1C)CCCC3. The molecule has 3 aromatic rings. The summed E-state index contributed by atoms with van der Waals surface area (Å²) in [5, 5.41) is 4.17. The first-order chi connectivity index (χ1) is 15.1. The number of furan rings is 1. The molecular formula is C27H31NO3. The highest BCUT2D eigenvalue weighted by Crippen LogP contribution is 2.41. The van der Waals surface area contributed by atoms with E-state index in [9.17, 15) is 4.79 Å². The Morgan fingerprint density at radius 1 is 1.19 bits per heavy atom. The largest absolute Gasteiger partial charge is 0.493 e. The second kappa shape index (κ2) is 9.42. The van der Waals surface area contributed by atoms with Gasteiger partial charge in [-0.05, 0) is 63.7 Å². The van der Waals surface area contributed by atoms with E-state index in [0.717, 1.165) is 53.1 Å². The number of allylic oxidation sites excluding steroid dienone is 1. The van der Waals surface area contributed by atoms with Gasteiger partial charge in [-0.25, -0.2) is 0 Å². The van der Waals surface area contributed by atoms with Crippen molar-refractivity contribution in [3.05, 3.63) is 70.5 Å². The van der Waals surface area contributed by atoms with Gasteiger partial charge >= 0.3 is 0 Å². The Kier molecular flexibility index (Phi) is 6.45. The minimum atomic E-state index is -0.0807. The van der Waals surface area contributed by atoms with Crippen molar-refractivity contribution < 1.29 is 13.9 Å². The van der Waals surface area contributed by atoms with E-state index in [1.165, 1.54) is 29.4 Å². The molecule has 0 saturated heterocycles. The number of benzene rings is 2. The third-order valence-corrected chi connectivity index (χ3v) is 6.04. The van der Waals surface area contributed by atoms with Gasteiger partial charge in [-0.15, -0.1) is 0 Å². The number of ether oxygens (including phenoxy) is 1. The summed E-state index contributed by atoms with van der Waals surface area (Å²) in [6, 6.07) is 12.3. The van der Waals surface area contributed by atoms with E-state index in [1.54, 1.807) is 6.08 Å². The van der Waals surface area contributed by atoms with Crippen LogP contribution < -0.4 is 10.1 Å². The quantitative estimate of drug-likeness (QED) is 0.496. The van der Waals surface area contributed by atoms with Crippen LogP contribution in [0.5, 0.6) is 5.75 Å². The number of hydrogen-bond donors (Lipinski definition) is 1. The standard InChI is InChI=1S/C27H31NO3/c1-4-30-26-19(3)27-23(21-12-8-9-13-24(21)31-27)17-22(26)18(2)16-25(29)28-15-14-20-10-6-5-7-11-20/h5-7,10-11,16-17H,4,8-9,12-15H2,1-3H3,(H,28,29)/b18-16+. The van der Waals surface area contributed by atoms with Gasteiger partial charge in [0.2, 0.25) is 5.91 Å². The van der Waals surface area contributed by atoms with Gasteiger partial charge in [0.1, 0.15) is 17.1 Å². The van der Waals surface area contributed by atoms with Crippen molar-refractivity contribution in [3.8, 4) is 5.75 Å². The second-order valence-corrected chi connectivity index (χ2v) is 8.25. The van der Waals surface area contributed by atoms with E-state index in [2.05, 4.69) is 30.4 Å². The zero-order chi connectivity index (χ0) is 21.8. The van der Waals surface area contributed by atoms with Crippen LogP contribution in [0, 0.1) is 6.92 Å². The fourth-order valence-corrected chi connectivity index (χ4v) is 4.46. The van der Waals surface area contributed by atoms with Crippen LogP contribution in [0.1, 0.15) is 54.7 Å². The number of hydrogen-bond acceptors (Lipinski definition) is 3. The molecule has 1 aromatic heterocycles. The van der Waals surface area contributed by atoms with E-state index < -0.39 is 0 Å². The summed E-state index contributed by atoms with van der Waals surface area (Å²) in [4.78, 5) is 12.6. The molecule has 0 radical (unpaired) electrons. The maximum absolute atomic E-state index is 12.6. The van der Waals surface area contributed by atoms with Gasteiger partial charge in [0, 0.05) is 41.1 Å². The van der Waals surface area contributed by atoms with Crippen LogP contribution in [-0.4, -0.2) is 19.1 Å². The third kappa shape index (κ3) is 4.53. The highest BCUT2D eigenvalue weighted by molar-refractivity contribution is 5.98. The maximum Gasteiger partial charge on any atom is 0.244 e. The van der Waals surface area contributed by atoms with Crippen LogP contribution in [-0.2, 0) is 24.1 Å². The number of amides is 1. The zero-order valence-electron chi connectivity index (χ0n) is 18.7. The van der Waals surface area contributed by atoms with Crippen molar-refractivity contribution in [1.29, 1.82) is 0 Å². The number of rotatable bonds is 7. The smallest absolute Gasteiger partial charge is 0.244 e. The Hall–Kier alpha value is -3.01. The van der Waals surface area contributed by atoms with Gasteiger partial charge < -0.3 is 14.5 Å². The zero-order valence-corrected chi connectivity index (χ0v) is 18.7. The molecule has 0 spiro atoms. The number of carbonyl (C=O) groups is 1. The van der Waals surface area contributed by atoms with Gasteiger partial charge in [0.05, 0.1) is 6.61 Å². The number of nitrogens with one attached hydrogen (secondary N) is 1. The second-order valence-electron chi connectivity index (χ2n) is 8.25. The van der Waals surface area contributed by atoms with Crippen LogP contribution in [0.15, 0.2) is 46.9 Å². The lowest BCUT2D eigenvalue weighted by molar-refractivity contribution is -0.116. The van der Waals surface area contributed by atoms with Crippen molar-refractivity contribution in [2.24, 2.45) is 0 Å². The van der Waals surface area contributed by atoms with E-state index in [1.807, 2.05) is 32.0 Å². The normalized spacial score (nSPS) is 13.8. The lowest BCUT2D eigenvalue weighted by Gasteiger charge is -2.15. The van der Waals surface area contributed by atoms with Gasteiger partial charge in [-0.2, -0.15) is 0 Å². The first-order valence-electron chi connectivity index (χ1n) is 11.3. The first-order valence-corrected chi connectivity index (χ1v) is 11.3. The molecule has 0 bridgehead atoms. The summed E-state index contributed by atoms with van der Waals surface area (Å²) in [5.41, 5.74) is 6.36. The van der Waals surface area contributed by atoms with Crippen molar-refractivity contribution >= 4 is 22.4 Å². The summed E-state index contributed by atoms with van der Waals surface area (Å²) in [5.74, 6) is 1.85. The minimum Gasteiger partial charge on any atom is -0.493 e. The van der Waals surface area contributed by atoms with Crippen molar-refractivity contribution in [2.45, 2.75) is 52.9 Å². The van der Waals surface area contributed by atoms with Crippen LogP contribution in [0.3, 0.4) is 0 Å². The molecule has 162 valence electrons. The van der Waals surface area contributed by atoms with Crippen LogP contribution in [0.2, 0.25) is 0 Å². The molecule has 0 unspecified atom stereocenters. The van der Waals surface area contributed by atoms with Crippen LogP contribution in [0.25, 0.3) is 16.5 Å². The molecule has 31 heavy (non-hydrogen) atoms. The molecule has 4 nitrogen and oxygen atoms in total. The van der Waals surface area contributed by atoms with Crippen LogP contribution in [0.4, 0.5) is 0 Å². The van der Waals surface area contributed by atoms with E-state index in [-0.39, 0.29) is 5.91 Å². The topological polar surface area (TPSA) is 51.5 Å². The predicted octanol–water partition coefficient (Wildman–Crippen LogP) is 5.78. The molecule has 1 amide bonds. The maximum atomic E-state index is 12.6. The summed E-state index contributed by atoms with van der Waals surface area (Å²) < 4.78 is 12.3. The Morgan fingerprint density at radius 3 is 2.74 bits per heavy atom. The fourth-order valence-electron chi connectivity index (χ4n) is 4.46. The minimum absolute atomic E-state index is 0.0807. The van der Waals surface area contributed by atoms with Crippen molar-refractivity contribution in [2.75, 3.05) is 13.2 Å². The summed E-state index contributed by atoms with van der Waals surface area (Å²) in [6.07, 6.45) is 6.93. The summed E-state index contributed by atoms with van der Waals surface area (Å²) in [6.45, 7) is 7.19. The average molecular weight is 418 g/mol. The molecule has 0 saturated carbocycles. The lowest BCUT2D eigenvalue weighted by Crippen LogP contribution is -2.23. The molecule has 1 N–H and O–H groups in total. The molecular weight excluding hydrogens is 386 g/mol. The third-order valence-electron chi connectivity index (χ3n) is 6.04. The molecule has 1 aliphatic carbocycles. The molecule has 0 aliphatic heterocycles. The van der Waals surface area contributed by atoms with E-state index in [4.69, 9.17) is 9.15 Å².